The van der Waals surface area contributed by atoms with Gasteiger partial charge in [0.1, 0.15) is 5.75 Å². The Balaban J connectivity index is 1.69. The number of fused-ring (bicyclic) bond motifs is 1. The number of halogens is 1. The van der Waals surface area contributed by atoms with Crippen LogP contribution in [0.25, 0.3) is 44.4 Å². The fraction of sp³-hybridized carbons (Fsp3) is 0.0357. The molecule has 0 fully saturated rings. The summed E-state index contributed by atoms with van der Waals surface area (Å²) >= 11 is 3.65. The van der Waals surface area contributed by atoms with Gasteiger partial charge in [-0.25, -0.2) is 4.98 Å². The molecule has 1 aromatic heterocycles. The van der Waals surface area contributed by atoms with Crippen molar-refractivity contribution in [2.45, 2.75) is 0 Å². The maximum atomic E-state index is 5.77. The molecule has 150 valence electrons. The van der Waals surface area contributed by atoms with E-state index >= 15 is 0 Å². The SMILES string of the molecule is COc1cc(-c2cc3ccccc3c(-c3ccccc3)n2)ccc1-c1ccccc1Br. The van der Waals surface area contributed by atoms with Crippen LogP contribution in [0.2, 0.25) is 0 Å². The fourth-order valence-electron chi connectivity index (χ4n) is 3.92. The molecule has 31 heavy (non-hydrogen) atoms. The average Bonchev–Trinajstić information content (AvgIpc) is 2.84. The van der Waals surface area contributed by atoms with Crippen LogP contribution in [0.4, 0.5) is 0 Å². The van der Waals surface area contributed by atoms with Gasteiger partial charge in [0.25, 0.3) is 0 Å². The van der Waals surface area contributed by atoms with Crippen LogP contribution in [0.5, 0.6) is 5.75 Å². The van der Waals surface area contributed by atoms with Crippen LogP contribution in [-0.2, 0) is 0 Å². The molecule has 0 spiro atoms. The smallest absolute Gasteiger partial charge is 0.127 e. The lowest BCUT2D eigenvalue weighted by molar-refractivity contribution is 0.416. The van der Waals surface area contributed by atoms with E-state index in [0.717, 1.165) is 49.3 Å². The van der Waals surface area contributed by atoms with Gasteiger partial charge in [0, 0.05) is 26.5 Å². The van der Waals surface area contributed by atoms with Gasteiger partial charge in [-0.05, 0) is 35.2 Å². The van der Waals surface area contributed by atoms with Crippen LogP contribution in [0.3, 0.4) is 0 Å². The summed E-state index contributed by atoms with van der Waals surface area (Å²) in [5.41, 5.74) is 6.19. The van der Waals surface area contributed by atoms with E-state index in [2.05, 4.69) is 82.7 Å². The number of benzene rings is 4. The van der Waals surface area contributed by atoms with Gasteiger partial charge in [-0.1, -0.05) is 94.8 Å². The number of hydrogen-bond donors (Lipinski definition) is 0. The molecule has 1 heterocycles. The summed E-state index contributed by atoms with van der Waals surface area (Å²) < 4.78 is 6.81. The zero-order chi connectivity index (χ0) is 21.2. The summed E-state index contributed by atoms with van der Waals surface area (Å²) in [7, 11) is 1.71. The van der Waals surface area contributed by atoms with Crippen LogP contribution in [0.1, 0.15) is 0 Å². The number of methoxy groups -OCH3 is 1. The summed E-state index contributed by atoms with van der Waals surface area (Å²) in [5, 5.41) is 2.31. The molecule has 0 saturated heterocycles. The van der Waals surface area contributed by atoms with Gasteiger partial charge in [0.15, 0.2) is 0 Å². The van der Waals surface area contributed by atoms with Crippen LogP contribution in [0, 0.1) is 0 Å². The van der Waals surface area contributed by atoms with E-state index in [1.807, 2.05) is 36.4 Å². The standard InChI is InChI=1S/C28H20BrNO/c1-31-27-18-21(15-16-24(27)23-13-7-8-14-25(23)29)26-17-20-11-5-6-12-22(20)28(30-26)19-9-3-2-4-10-19/h2-18H,1H3. The Labute approximate surface area is 190 Å². The molecule has 0 aliphatic carbocycles. The Hall–Kier alpha value is -3.43. The van der Waals surface area contributed by atoms with Crippen LogP contribution >= 0.6 is 15.9 Å². The molecule has 2 nitrogen and oxygen atoms in total. The number of aromatic nitrogens is 1. The Morgan fingerprint density at radius 1 is 0.677 bits per heavy atom. The van der Waals surface area contributed by atoms with E-state index in [1.54, 1.807) is 7.11 Å². The van der Waals surface area contributed by atoms with Gasteiger partial charge >= 0.3 is 0 Å². The zero-order valence-corrected chi connectivity index (χ0v) is 18.6. The lowest BCUT2D eigenvalue weighted by atomic mass is 9.98. The molecule has 0 N–H and O–H groups in total. The van der Waals surface area contributed by atoms with Crippen molar-refractivity contribution < 1.29 is 4.74 Å². The first-order chi connectivity index (χ1) is 15.2. The third-order valence-electron chi connectivity index (χ3n) is 5.45. The summed E-state index contributed by atoms with van der Waals surface area (Å²) in [6.07, 6.45) is 0. The van der Waals surface area contributed by atoms with Crippen LogP contribution in [0.15, 0.2) is 108 Å². The molecule has 0 radical (unpaired) electrons. The quantitative estimate of drug-likeness (QED) is 0.268. The summed E-state index contributed by atoms with van der Waals surface area (Å²) in [5.74, 6) is 0.820. The summed E-state index contributed by atoms with van der Waals surface area (Å²) in [4.78, 5) is 5.07. The highest BCUT2D eigenvalue weighted by molar-refractivity contribution is 9.10. The molecule has 0 aliphatic heterocycles. The predicted molar refractivity (Wildman–Crippen MR) is 132 cm³/mol. The van der Waals surface area contributed by atoms with Gasteiger partial charge in [0.05, 0.1) is 18.5 Å². The monoisotopic (exact) mass is 465 g/mol. The minimum absolute atomic E-state index is 0.820. The van der Waals surface area contributed by atoms with E-state index < -0.39 is 0 Å². The highest BCUT2D eigenvalue weighted by Gasteiger charge is 2.13. The second-order valence-electron chi connectivity index (χ2n) is 7.34. The third-order valence-corrected chi connectivity index (χ3v) is 6.14. The van der Waals surface area contributed by atoms with Gasteiger partial charge in [0.2, 0.25) is 0 Å². The predicted octanol–water partition coefficient (Wildman–Crippen LogP) is 8.01. The molecule has 0 bridgehead atoms. The van der Waals surface area contributed by atoms with Crippen LogP contribution < -0.4 is 4.74 Å². The minimum atomic E-state index is 0.820. The molecule has 5 aromatic rings. The number of ether oxygens (including phenoxy) is 1. The van der Waals surface area contributed by atoms with Gasteiger partial charge in [-0.3, -0.25) is 0 Å². The van der Waals surface area contributed by atoms with E-state index in [9.17, 15) is 0 Å². The first kappa shape index (κ1) is 19.5. The van der Waals surface area contributed by atoms with Crippen molar-refractivity contribution in [1.82, 2.24) is 4.98 Å². The molecule has 0 amide bonds. The fourth-order valence-corrected chi connectivity index (χ4v) is 4.41. The van der Waals surface area contributed by atoms with Crippen molar-refractivity contribution in [2.75, 3.05) is 7.11 Å². The van der Waals surface area contributed by atoms with Gasteiger partial charge in [-0.2, -0.15) is 0 Å². The summed E-state index contributed by atoms with van der Waals surface area (Å²) in [6.45, 7) is 0. The van der Waals surface area contributed by atoms with Crippen molar-refractivity contribution in [3.63, 3.8) is 0 Å². The maximum Gasteiger partial charge on any atom is 0.127 e. The molecule has 0 saturated carbocycles. The zero-order valence-electron chi connectivity index (χ0n) is 17.0. The first-order valence-electron chi connectivity index (χ1n) is 10.1. The third kappa shape index (κ3) is 3.73. The number of pyridine rings is 1. The molecular weight excluding hydrogens is 446 g/mol. The van der Waals surface area contributed by atoms with Crippen molar-refractivity contribution in [3.8, 4) is 39.4 Å². The van der Waals surface area contributed by atoms with E-state index in [0.29, 0.717) is 0 Å². The first-order valence-corrected chi connectivity index (χ1v) is 10.9. The molecule has 3 heteroatoms. The second-order valence-corrected chi connectivity index (χ2v) is 8.19. The molecule has 4 aromatic carbocycles. The van der Waals surface area contributed by atoms with Gasteiger partial charge < -0.3 is 4.74 Å². The average molecular weight is 466 g/mol. The van der Waals surface area contributed by atoms with Gasteiger partial charge in [-0.15, -0.1) is 0 Å². The molecule has 0 aliphatic rings. The van der Waals surface area contributed by atoms with E-state index in [1.165, 1.54) is 5.39 Å². The molecule has 0 atom stereocenters. The van der Waals surface area contributed by atoms with Crippen molar-refractivity contribution in [3.05, 3.63) is 108 Å². The largest absolute Gasteiger partial charge is 0.496 e. The molecular formula is C28H20BrNO. The topological polar surface area (TPSA) is 22.1 Å². The van der Waals surface area contributed by atoms with Crippen molar-refractivity contribution in [2.24, 2.45) is 0 Å². The lowest BCUT2D eigenvalue weighted by Gasteiger charge is -2.14. The van der Waals surface area contributed by atoms with Crippen molar-refractivity contribution >= 4 is 26.7 Å². The van der Waals surface area contributed by atoms with Crippen molar-refractivity contribution in [1.29, 1.82) is 0 Å². The maximum absolute atomic E-state index is 5.77. The molecule has 0 unspecified atom stereocenters. The Morgan fingerprint density at radius 3 is 2.23 bits per heavy atom. The Kier molecular flexibility index (Phi) is 5.27. The number of nitrogens with zero attached hydrogens (tertiary/aromatic N) is 1. The summed E-state index contributed by atoms with van der Waals surface area (Å²) in [6, 6.07) is 35.3. The highest BCUT2D eigenvalue weighted by Crippen LogP contribution is 2.38. The number of rotatable bonds is 4. The van der Waals surface area contributed by atoms with E-state index in [4.69, 9.17) is 9.72 Å². The van der Waals surface area contributed by atoms with Crippen LogP contribution in [-0.4, -0.2) is 12.1 Å². The lowest BCUT2D eigenvalue weighted by Crippen LogP contribution is -1.93. The second kappa shape index (κ2) is 8.37. The van der Waals surface area contributed by atoms with E-state index in [-0.39, 0.29) is 0 Å². The highest BCUT2D eigenvalue weighted by atomic mass is 79.9. The Morgan fingerprint density at radius 2 is 1.42 bits per heavy atom. The minimum Gasteiger partial charge on any atom is -0.496 e. The Bertz CT molecular complexity index is 1380. The normalized spacial score (nSPS) is 10.9. The molecule has 5 rings (SSSR count). The number of hydrogen-bond acceptors (Lipinski definition) is 2.